The van der Waals surface area contributed by atoms with Crippen LogP contribution in [0.4, 0.5) is 18.9 Å². The number of nitrogens with zero attached hydrogens (tertiary/aromatic N) is 4. The molecule has 3 aliphatic rings. The predicted octanol–water partition coefficient (Wildman–Crippen LogP) is 2.53. The quantitative estimate of drug-likeness (QED) is 0.773. The first-order valence-electron chi connectivity index (χ1n) is 10.1. The summed E-state index contributed by atoms with van der Waals surface area (Å²) in [6, 6.07) is 0.307. The van der Waals surface area contributed by atoms with Crippen molar-refractivity contribution in [3.05, 3.63) is 47.3 Å². The molecule has 11 heteroatoms. The first kappa shape index (κ1) is 20.0. The zero-order chi connectivity index (χ0) is 21.6. The predicted molar refractivity (Wildman–Crippen MR) is 106 cm³/mol. The van der Waals surface area contributed by atoms with Crippen molar-refractivity contribution in [2.75, 3.05) is 23.9 Å². The van der Waals surface area contributed by atoms with Gasteiger partial charge in [0.05, 0.1) is 31.3 Å². The number of nitrogens with one attached hydrogen (secondary N) is 2. The molecule has 1 amide bonds. The molecule has 3 aliphatic heterocycles. The van der Waals surface area contributed by atoms with E-state index >= 15 is 0 Å². The number of carbonyl (C=O) groups excluding carboxylic acids is 1. The highest BCUT2D eigenvalue weighted by atomic mass is 19.4. The molecule has 0 radical (unpaired) electrons. The number of rotatable bonds is 3. The molecule has 8 nitrogen and oxygen atoms in total. The molecule has 5 rings (SSSR count). The average Bonchev–Trinajstić information content (AvgIpc) is 3.40. The second kappa shape index (κ2) is 7.65. The molecule has 1 saturated heterocycles. The van der Waals surface area contributed by atoms with E-state index in [1.165, 1.54) is 15.8 Å². The molecule has 0 aliphatic carbocycles. The molecule has 2 unspecified atom stereocenters. The molecule has 2 aromatic heterocycles. The number of carbonyl (C=O) groups is 1. The Kier molecular flexibility index (Phi) is 4.94. The third-order valence-corrected chi connectivity index (χ3v) is 5.80. The number of ether oxygens (including phenoxy) is 1. The lowest BCUT2D eigenvalue weighted by atomic mass is 10.1. The molecule has 0 bridgehead atoms. The Morgan fingerprint density at radius 3 is 3.00 bits per heavy atom. The number of likely N-dealkylation sites (tertiary alicyclic amines) is 1. The highest BCUT2D eigenvalue weighted by molar-refractivity contribution is 6.03. The van der Waals surface area contributed by atoms with Gasteiger partial charge in [-0.15, -0.1) is 0 Å². The van der Waals surface area contributed by atoms with Gasteiger partial charge in [0.15, 0.2) is 5.82 Å². The van der Waals surface area contributed by atoms with Crippen molar-refractivity contribution in [1.29, 1.82) is 0 Å². The van der Waals surface area contributed by atoms with Crippen LogP contribution in [0.15, 0.2) is 24.5 Å². The summed E-state index contributed by atoms with van der Waals surface area (Å²) in [5, 5.41) is 2.79. The van der Waals surface area contributed by atoms with Gasteiger partial charge in [0.2, 0.25) is 0 Å². The summed E-state index contributed by atoms with van der Waals surface area (Å²) in [6.45, 7) is 1.39. The molecular formula is C20H21F3N6O2. The number of alkyl halides is 3. The van der Waals surface area contributed by atoms with E-state index in [1.54, 1.807) is 18.3 Å². The zero-order valence-electron chi connectivity index (χ0n) is 16.5. The molecule has 164 valence electrons. The molecular weight excluding hydrogens is 413 g/mol. The second-order valence-electron chi connectivity index (χ2n) is 7.79. The SMILES string of the molecule is O=C(Nc1cnc2c(c1)COCC2)c1cnc2n1NC(N1CCCC1C(F)(F)F)C=C2. The van der Waals surface area contributed by atoms with Crippen molar-refractivity contribution in [2.45, 2.75) is 44.3 Å². The molecule has 0 spiro atoms. The van der Waals surface area contributed by atoms with Crippen LogP contribution in [-0.2, 0) is 17.8 Å². The fourth-order valence-corrected chi connectivity index (χ4v) is 4.29. The first-order chi connectivity index (χ1) is 14.9. The number of aromatic nitrogens is 3. The number of pyridine rings is 1. The summed E-state index contributed by atoms with van der Waals surface area (Å²) in [7, 11) is 0. The molecule has 5 heterocycles. The number of hydrogen-bond donors (Lipinski definition) is 2. The van der Waals surface area contributed by atoms with Crippen LogP contribution in [-0.4, -0.2) is 57.0 Å². The van der Waals surface area contributed by atoms with Crippen LogP contribution < -0.4 is 10.7 Å². The number of imidazole rings is 1. The van der Waals surface area contributed by atoms with Crippen molar-refractivity contribution >= 4 is 17.7 Å². The van der Waals surface area contributed by atoms with Crippen LogP contribution in [0.25, 0.3) is 6.08 Å². The number of halogens is 3. The van der Waals surface area contributed by atoms with Crippen LogP contribution in [0.3, 0.4) is 0 Å². The Labute approximate surface area is 176 Å². The lowest BCUT2D eigenvalue weighted by Gasteiger charge is -2.35. The summed E-state index contributed by atoms with van der Waals surface area (Å²) in [4.78, 5) is 22.8. The highest BCUT2D eigenvalue weighted by Crippen LogP contribution is 2.34. The summed E-state index contributed by atoms with van der Waals surface area (Å²) in [6.07, 6.45) is 2.52. The Hall–Kier alpha value is -2.92. The molecule has 2 N–H and O–H groups in total. The molecule has 0 aromatic carbocycles. The summed E-state index contributed by atoms with van der Waals surface area (Å²) in [5.74, 6) is 0.00805. The fraction of sp³-hybridized carbons (Fsp3) is 0.450. The van der Waals surface area contributed by atoms with Gasteiger partial charge < -0.3 is 15.5 Å². The van der Waals surface area contributed by atoms with Gasteiger partial charge in [0, 0.05) is 24.2 Å². The Bertz CT molecular complexity index is 1030. The van der Waals surface area contributed by atoms with Crippen LogP contribution in [0.1, 0.15) is 40.4 Å². The van der Waals surface area contributed by atoms with Gasteiger partial charge in [-0.3, -0.25) is 14.7 Å². The topological polar surface area (TPSA) is 84.3 Å². The minimum atomic E-state index is -4.30. The highest BCUT2D eigenvalue weighted by Gasteiger charge is 2.48. The van der Waals surface area contributed by atoms with Gasteiger partial charge in [-0.25, -0.2) is 9.66 Å². The molecule has 2 atom stereocenters. The van der Waals surface area contributed by atoms with Crippen molar-refractivity contribution in [2.24, 2.45) is 0 Å². The molecule has 31 heavy (non-hydrogen) atoms. The lowest BCUT2D eigenvalue weighted by molar-refractivity contribution is -0.178. The second-order valence-corrected chi connectivity index (χ2v) is 7.79. The smallest absolute Gasteiger partial charge is 0.376 e. The van der Waals surface area contributed by atoms with Crippen molar-refractivity contribution in [3.8, 4) is 0 Å². The monoisotopic (exact) mass is 434 g/mol. The maximum absolute atomic E-state index is 13.4. The van der Waals surface area contributed by atoms with Gasteiger partial charge in [0.25, 0.3) is 5.91 Å². The standard InChI is InChI=1S/C20H21F3N6O2/c21-20(22,23)16-2-1-6-28(16)18-4-3-17-25-10-15(29(17)27-18)19(30)26-13-8-12-11-31-7-5-14(12)24-9-13/h3-4,8-10,16,18,27H,1-2,5-7,11H2,(H,26,30). The largest absolute Gasteiger partial charge is 0.404 e. The van der Waals surface area contributed by atoms with Crippen LogP contribution in [0.2, 0.25) is 0 Å². The van der Waals surface area contributed by atoms with Crippen LogP contribution >= 0.6 is 0 Å². The average molecular weight is 434 g/mol. The summed E-state index contributed by atoms with van der Waals surface area (Å²) in [5.41, 5.74) is 5.59. The van der Waals surface area contributed by atoms with E-state index in [1.807, 2.05) is 6.07 Å². The van der Waals surface area contributed by atoms with E-state index in [2.05, 4.69) is 20.7 Å². The Morgan fingerprint density at radius 1 is 1.29 bits per heavy atom. The number of anilines is 1. The maximum atomic E-state index is 13.4. The molecule has 0 saturated carbocycles. The van der Waals surface area contributed by atoms with Gasteiger partial charge in [-0.1, -0.05) is 0 Å². The lowest BCUT2D eigenvalue weighted by Crippen LogP contribution is -2.52. The Morgan fingerprint density at radius 2 is 2.16 bits per heavy atom. The van der Waals surface area contributed by atoms with Crippen molar-refractivity contribution in [3.63, 3.8) is 0 Å². The maximum Gasteiger partial charge on any atom is 0.404 e. The zero-order valence-corrected chi connectivity index (χ0v) is 16.5. The van der Waals surface area contributed by atoms with E-state index in [9.17, 15) is 18.0 Å². The van der Waals surface area contributed by atoms with E-state index in [4.69, 9.17) is 4.74 Å². The normalized spacial score (nSPS) is 23.2. The van der Waals surface area contributed by atoms with Gasteiger partial charge in [-0.05, 0) is 31.1 Å². The molecule has 2 aromatic rings. The van der Waals surface area contributed by atoms with E-state index in [-0.39, 0.29) is 12.1 Å². The third kappa shape index (κ3) is 3.79. The Balaban J connectivity index is 1.34. The number of fused-ring (bicyclic) bond motifs is 2. The number of amides is 1. The van der Waals surface area contributed by atoms with Gasteiger partial charge in [-0.2, -0.15) is 13.2 Å². The first-order valence-corrected chi connectivity index (χ1v) is 10.1. The van der Waals surface area contributed by atoms with Gasteiger partial charge >= 0.3 is 6.18 Å². The van der Waals surface area contributed by atoms with E-state index in [0.717, 1.165) is 17.7 Å². The van der Waals surface area contributed by atoms with Crippen molar-refractivity contribution < 1.29 is 22.7 Å². The third-order valence-electron chi connectivity index (χ3n) is 5.80. The fourth-order valence-electron chi connectivity index (χ4n) is 4.29. The minimum Gasteiger partial charge on any atom is -0.376 e. The van der Waals surface area contributed by atoms with E-state index < -0.39 is 24.3 Å². The van der Waals surface area contributed by atoms with Crippen LogP contribution in [0, 0.1) is 0 Å². The summed E-state index contributed by atoms with van der Waals surface area (Å²) < 4.78 is 47.0. The summed E-state index contributed by atoms with van der Waals surface area (Å²) >= 11 is 0. The van der Waals surface area contributed by atoms with Gasteiger partial charge in [0.1, 0.15) is 17.9 Å². The number of hydrogen-bond acceptors (Lipinski definition) is 6. The van der Waals surface area contributed by atoms with Crippen LogP contribution in [0.5, 0.6) is 0 Å². The minimum absolute atomic E-state index is 0.0642. The van der Waals surface area contributed by atoms with E-state index in [0.29, 0.717) is 37.7 Å². The molecule has 1 fully saturated rings. The van der Waals surface area contributed by atoms with Crippen molar-refractivity contribution in [1.82, 2.24) is 19.5 Å².